The molecule has 142 valence electrons. The summed E-state index contributed by atoms with van der Waals surface area (Å²) in [5.74, 6) is 0.924. The van der Waals surface area contributed by atoms with E-state index in [-0.39, 0.29) is 24.0 Å². The van der Waals surface area contributed by atoms with Crippen LogP contribution in [0.5, 0.6) is 0 Å². The minimum atomic E-state index is 0. The highest BCUT2D eigenvalue weighted by Gasteiger charge is 2.19. The first-order chi connectivity index (χ1) is 11.8. The molecule has 0 aromatic heterocycles. The molecule has 2 rings (SSSR count). The number of piperidine rings is 1. The Morgan fingerprint density at radius 3 is 2.44 bits per heavy atom. The molecule has 0 radical (unpaired) electrons. The maximum Gasteiger partial charge on any atom is 0.191 e. The lowest BCUT2D eigenvalue weighted by Gasteiger charge is -2.33. The molecule has 1 aliphatic rings. The average molecular weight is 458 g/mol. The molecule has 0 aliphatic carbocycles. The number of aliphatic imine (C=N–C) groups is 1. The number of halogens is 1. The van der Waals surface area contributed by atoms with Crippen LogP contribution in [0.3, 0.4) is 0 Å². The number of nitrogens with one attached hydrogen (secondary N) is 2. The molecular formula is C20H35IN4. The highest BCUT2D eigenvalue weighted by Crippen LogP contribution is 2.12. The van der Waals surface area contributed by atoms with Gasteiger partial charge >= 0.3 is 0 Å². The Morgan fingerprint density at radius 1 is 1.16 bits per heavy atom. The molecule has 1 heterocycles. The van der Waals surface area contributed by atoms with Gasteiger partial charge < -0.3 is 15.5 Å². The quantitative estimate of drug-likeness (QED) is 0.371. The van der Waals surface area contributed by atoms with E-state index in [0.29, 0.717) is 6.04 Å². The van der Waals surface area contributed by atoms with Gasteiger partial charge in [0.25, 0.3) is 0 Å². The molecule has 0 unspecified atom stereocenters. The molecule has 1 aromatic carbocycles. The molecule has 1 aromatic rings. The SMILES string of the molecule is CCCCN1CCC(NC(=NC)NCc2ccccc2CC)CC1.I. The van der Waals surface area contributed by atoms with Crippen molar-refractivity contribution in [1.82, 2.24) is 15.5 Å². The van der Waals surface area contributed by atoms with E-state index in [1.54, 1.807) is 0 Å². The maximum absolute atomic E-state index is 4.40. The number of nitrogens with zero attached hydrogens (tertiary/aromatic N) is 2. The molecule has 25 heavy (non-hydrogen) atoms. The second-order valence-electron chi connectivity index (χ2n) is 6.66. The number of likely N-dealkylation sites (tertiary alicyclic amines) is 1. The lowest BCUT2D eigenvalue weighted by Crippen LogP contribution is -2.48. The summed E-state index contributed by atoms with van der Waals surface area (Å²) in [6.07, 6.45) is 6.08. The van der Waals surface area contributed by atoms with E-state index < -0.39 is 0 Å². The summed E-state index contributed by atoms with van der Waals surface area (Å²) in [6, 6.07) is 9.17. The summed E-state index contributed by atoms with van der Waals surface area (Å²) >= 11 is 0. The van der Waals surface area contributed by atoms with E-state index in [1.807, 2.05) is 7.05 Å². The van der Waals surface area contributed by atoms with Crippen molar-refractivity contribution < 1.29 is 0 Å². The predicted molar refractivity (Wildman–Crippen MR) is 119 cm³/mol. The van der Waals surface area contributed by atoms with Crippen LogP contribution >= 0.6 is 24.0 Å². The van der Waals surface area contributed by atoms with Crippen LogP contribution in [0.25, 0.3) is 0 Å². The first kappa shape index (κ1) is 22.2. The van der Waals surface area contributed by atoms with Crippen LogP contribution in [0.15, 0.2) is 29.3 Å². The van der Waals surface area contributed by atoms with Crippen molar-refractivity contribution in [3.8, 4) is 0 Å². The summed E-state index contributed by atoms with van der Waals surface area (Å²) in [5.41, 5.74) is 2.77. The summed E-state index contributed by atoms with van der Waals surface area (Å²) in [5, 5.41) is 7.08. The van der Waals surface area contributed by atoms with Crippen molar-refractivity contribution in [1.29, 1.82) is 0 Å². The van der Waals surface area contributed by atoms with Gasteiger partial charge in [0.05, 0.1) is 0 Å². The van der Waals surface area contributed by atoms with Crippen LogP contribution in [0.2, 0.25) is 0 Å². The van der Waals surface area contributed by atoms with Gasteiger partial charge in [0.15, 0.2) is 5.96 Å². The third-order valence-electron chi connectivity index (χ3n) is 4.93. The number of rotatable bonds is 7. The van der Waals surface area contributed by atoms with Gasteiger partial charge in [0.1, 0.15) is 0 Å². The number of aryl methyl sites for hydroxylation is 1. The van der Waals surface area contributed by atoms with E-state index in [4.69, 9.17) is 0 Å². The van der Waals surface area contributed by atoms with Gasteiger partial charge in [-0.3, -0.25) is 4.99 Å². The van der Waals surface area contributed by atoms with Gasteiger partial charge in [-0.15, -0.1) is 24.0 Å². The number of hydrogen-bond donors (Lipinski definition) is 2. The Kier molecular flexibility index (Phi) is 11.1. The third kappa shape index (κ3) is 7.52. The van der Waals surface area contributed by atoms with E-state index in [1.165, 1.54) is 56.4 Å². The first-order valence-electron chi connectivity index (χ1n) is 9.53. The molecule has 0 saturated carbocycles. The van der Waals surface area contributed by atoms with Crippen LogP contribution in [0.1, 0.15) is 50.7 Å². The fourth-order valence-electron chi connectivity index (χ4n) is 3.32. The summed E-state index contributed by atoms with van der Waals surface area (Å²) in [7, 11) is 1.86. The Labute approximate surface area is 170 Å². The highest BCUT2D eigenvalue weighted by molar-refractivity contribution is 14.0. The second kappa shape index (κ2) is 12.5. The minimum absolute atomic E-state index is 0. The normalized spacial score (nSPS) is 16.4. The Balaban J connectivity index is 0.00000312. The third-order valence-corrected chi connectivity index (χ3v) is 4.93. The van der Waals surface area contributed by atoms with Gasteiger partial charge in [0.2, 0.25) is 0 Å². The molecule has 4 nitrogen and oxygen atoms in total. The second-order valence-corrected chi connectivity index (χ2v) is 6.66. The van der Waals surface area contributed by atoms with Crippen LogP contribution < -0.4 is 10.6 Å². The molecule has 0 amide bonds. The summed E-state index contributed by atoms with van der Waals surface area (Å²) in [4.78, 5) is 6.99. The van der Waals surface area contributed by atoms with Crippen molar-refractivity contribution in [2.24, 2.45) is 4.99 Å². The predicted octanol–water partition coefficient (Wildman–Crippen LogP) is 3.80. The number of hydrogen-bond acceptors (Lipinski definition) is 2. The zero-order valence-electron chi connectivity index (χ0n) is 16.1. The zero-order valence-corrected chi connectivity index (χ0v) is 18.4. The molecule has 5 heteroatoms. The summed E-state index contributed by atoms with van der Waals surface area (Å²) < 4.78 is 0. The Bertz CT molecular complexity index is 510. The lowest BCUT2D eigenvalue weighted by molar-refractivity contribution is 0.203. The van der Waals surface area contributed by atoms with Gasteiger partial charge in [-0.25, -0.2) is 0 Å². The van der Waals surface area contributed by atoms with Gasteiger partial charge in [0, 0.05) is 32.7 Å². The standard InChI is InChI=1S/C20H34N4.HI/c1-4-6-13-24-14-11-19(12-15-24)23-20(21-3)22-16-18-10-8-7-9-17(18)5-2;/h7-10,19H,4-6,11-16H2,1-3H3,(H2,21,22,23);1H. The van der Waals surface area contributed by atoms with Crippen molar-refractivity contribution in [3.63, 3.8) is 0 Å². The monoisotopic (exact) mass is 458 g/mol. The van der Waals surface area contributed by atoms with E-state index in [2.05, 4.69) is 58.6 Å². The molecule has 1 saturated heterocycles. The molecule has 0 atom stereocenters. The highest BCUT2D eigenvalue weighted by atomic mass is 127. The average Bonchev–Trinajstić information content (AvgIpc) is 2.64. The largest absolute Gasteiger partial charge is 0.354 e. The topological polar surface area (TPSA) is 39.7 Å². The molecule has 2 N–H and O–H groups in total. The number of unbranched alkanes of at least 4 members (excludes halogenated alkanes) is 1. The molecule has 0 spiro atoms. The van der Waals surface area contributed by atoms with Crippen LogP contribution in [0, 0.1) is 0 Å². The lowest BCUT2D eigenvalue weighted by atomic mass is 10.0. The van der Waals surface area contributed by atoms with E-state index >= 15 is 0 Å². The van der Waals surface area contributed by atoms with Crippen molar-refractivity contribution in [3.05, 3.63) is 35.4 Å². The van der Waals surface area contributed by atoms with Crippen molar-refractivity contribution in [2.75, 3.05) is 26.7 Å². The number of guanidine groups is 1. The summed E-state index contributed by atoms with van der Waals surface area (Å²) in [6.45, 7) is 8.96. The minimum Gasteiger partial charge on any atom is -0.354 e. The number of benzene rings is 1. The van der Waals surface area contributed by atoms with Crippen LogP contribution in [0.4, 0.5) is 0 Å². The molecule has 1 aliphatic heterocycles. The van der Waals surface area contributed by atoms with Crippen molar-refractivity contribution >= 4 is 29.9 Å². The van der Waals surface area contributed by atoms with Crippen LogP contribution in [-0.4, -0.2) is 43.6 Å². The fourth-order valence-corrected chi connectivity index (χ4v) is 3.32. The molecule has 0 bridgehead atoms. The van der Waals surface area contributed by atoms with E-state index in [9.17, 15) is 0 Å². The van der Waals surface area contributed by atoms with Gasteiger partial charge in [-0.2, -0.15) is 0 Å². The van der Waals surface area contributed by atoms with Crippen molar-refractivity contribution in [2.45, 2.75) is 58.5 Å². The maximum atomic E-state index is 4.40. The van der Waals surface area contributed by atoms with Gasteiger partial charge in [-0.05, 0) is 43.4 Å². The van der Waals surface area contributed by atoms with E-state index in [0.717, 1.165) is 18.9 Å². The van der Waals surface area contributed by atoms with Crippen LogP contribution in [-0.2, 0) is 13.0 Å². The molecular weight excluding hydrogens is 423 g/mol. The Morgan fingerprint density at radius 2 is 1.84 bits per heavy atom. The zero-order chi connectivity index (χ0) is 17.2. The Hall–Kier alpha value is -0.820. The van der Waals surface area contributed by atoms with Gasteiger partial charge in [-0.1, -0.05) is 44.5 Å². The first-order valence-corrected chi connectivity index (χ1v) is 9.53. The molecule has 1 fully saturated rings. The fraction of sp³-hybridized carbons (Fsp3) is 0.650. The smallest absolute Gasteiger partial charge is 0.191 e.